The molecule has 0 bridgehead atoms. The van der Waals surface area contributed by atoms with Crippen LogP contribution >= 0.6 is 11.5 Å². The number of fused-ring (bicyclic) bond motifs is 1. The Balaban J connectivity index is 2.21. The van der Waals surface area contributed by atoms with Gasteiger partial charge in [0.2, 0.25) is 0 Å². The summed E-state index contributed by atoms with van der Waals surface area (Å²) < 4.78 is 0. The maximum Gasteiger partial charge on any atom is 0.280 e. The van der Waals surface area contributed by atoms with Crippen molar-refractivity contribution in [2.45, 2.75) is 32.0 Å². The number of rotatable bonds is 5. The van der Waals surface area contributed by atoms with Gasteiger partial charge < -0.3 is 0 Å². The van der Waals surface area contributed by atoms with Gasteiger partial charge in [-0.25, -0.2) is 0 Å². The van der Waals surface area contributed by atoms with Crippen molar-refractivity contribution in [1.29, 1.82) is 0 Å². The third-order valence-corrected chi connectivity index (χ3v) is 3.64. The van der Waals surface area contributed by atoms with Crippen LogP contribution in [0.15, 0.2) is 43.0 Å². The molecule has 0 fully saturated rings. The van der Waals surface area contributed by atoms with E-state index < -0.39 is 0 Å². The second-order valence-corrected chi connectivity index (χ2v) is 5.31. The molecule has 0 aromatic heterocycles. The van der Waals surface area contributed by atoms with Crippen LogP contribution in [0, 0.1) is 0 Å². The van der Waals surface area contributed by atoms with Gasteiger partial charge in [0.05, 0.1) is 0 Å². The Kier molecular flexibility index (Phi) is 4.12. The highest BCUT2D eigenvalue weighted by Crippen LogP contribution is 2.40. The van der Waals surface area contributed by atoms with E-state index >= 15 is 0 Å². The van der Waals surface area contributed by atoms with Crippen molar-refractivity contribution in [2.75, 3.05) is 0 Å². The molecule has 0 saturated heterocycles. The Bertz CT molecular complexity index is 434. The fraction of sp³-hybridized carbons (Fsp3) is 0.333. The Hall–Kier alpha value is -0.945. The van der Waals surface area contributed by atoms with Gasteiger partial charge in [0.15, 0.2) is 0 Å². The van der Waals surface area contributed by atoms with Gasteiger partial charge in [0.25, 0.3) is 6.13 Å². The van der Waals surface area contributed by atoms with Crippen molar-refractivity contribution in [3.05, 3.63) is 54.1 Å². The van der Waals surface area contributed by atoms with Gasteiger partial charge in [-0.3, -0.25) is 0 Å². The zero-order valence-electron chi connectivity index (χ0n) is 10.3. The van der Waals surface area contributed by atoms with Crippen molar-refractivity contribution < 1.29 is 0 Å². The van der Waals surface area contributed by atoms with Crippen molar-refractivity contribution in [3.63, 3.8) is 0 Å². The first-order valence-corrected chi connectivity index (χ1v) is 6.73. The molecule has 0 saturated carbocycles. The quantitative estimate of drug-likeness (QED) is 0.392. The van der Waals surface area contributed by atoms with E-state index in [0.717, 1.165) is 6.42 Å². The number of hydrogen-bond acceptors (Lipinski definition) is 0. The summed E-state index contributed by atoms with van der Waals surface area (Å²) in [6.45, 7) is 5.83. The number of hydrogen-bond donors (Lipinski definition) is 0. The predicted octanol–water partition coefficient (Wildman–Crippen LogP) is 4.92. The normalized spacial score (nSPS) is 17.5. The third kappa shape index (κ3) is 2.66. The molecule has 0 heterocycles. The average Bonchev–Trinajstić information content (AvgIpc) is 2.69. The van der Waals surface area contributed by atoms with Crippen LogP contribution in [0.4, 0.5) is 0 Å². The molecule has 1 aliphatic rings. The highest BCUT2D eigenvalue weighted by Gasteiger charge is 2.25. The molecule has 0 spiro atoms. The number of unbranched alkanes of at least 4 members (excludes halogenated alkanes) is 1. The second kappa shape index (κ2) is 5.60. The molecule has 0 radical (unpaired) electrons. The van der Waals surface area contributed by atoms with E-state index in [1.807, 2.05) is 6.08 Å². The van der Waals surface area contributed by atoms with Gasteiger partial charge in [-0.2, -0.15) is 11.5 Å². The van der Waals surface area contributed by atoms with E-state index in [1.165, 1.54) is 29.4 Å². The van der Waals surface area contributed by atoms with Gasteiger partial charge in [0.1, 0.15) is 0 Å². The second-order valence-electron chi connectivity index (χ2n) is 4.65. The molecule has 1 unspecified atom stereocenters. The maximum absolute atomic E-state index is 6.25. The lowest BCUT2D eigenvalue weighted by molar-refractivity contribution is 0.692. The minimum Gasteiger partial charge on any atom is -0.189 e. The molecule has 0 amide bonds. The maximum atomic E-state index is 6.25. The van der Waals surface area contributed by atoms with Crippen LogP contribution in [0.2, 0.25) is 6.82 Å². The van der Waals surface area contributed by atoms with Gasteiger partial charge >= 0.3 is 0 Å². The summed E-state index contributed by atoms with van der Waals surface area (Å²) in [4.78, 5) is 0. The lowest BCUT2D eigenvalue weighted by Crippen LogP contribution is -1.99. The van der Waals surface area contributed by atoms with Gasteiger partial charge in [-0.05, 0) is 30.4 Å². The highest BCUT2D eigenvalue weighted by molar-refractivity contribution is 7.16. The molecule has 17 heavy (non-hydrogen) atoms. The largest absolute Gasteiger partial charge is 0.280 e. The zero-order valence-corrected chi connectivity index (χ0v) is 11.1. The van der Waals surface area contributed by atoms with Crippen LogP contribution in [-0.4, -0.2) is 6.13 Å². The number of benzene rings is 1. The molecule has 0 N–H and O–H groups in total. The van der Waals surface area contributed by atoms with E-state index in [0.29, 0.717) is 5.92 Å². The fourth-order valence-corrected chi connectivity index (χ4v) is 2.74. The molecule has 1 aromatic carbocycles. The monoisotopic (exact) mass is 244 g/mol. The van der Waals surface area contributed by atoms with Crippen LogP contribution in [-0.2, 0) is 0 Å². The predicted molar refractivity (Wildman–Crippen MR) is 78.7 cm³/mol. The average molecular weight is 245 g/mol. The summed E-state index contributed by atoms with van der Waals surface area (Å²) in [5.41, 5.74) is 4.09. The van der Waals surface area contributed by atoms with Crippen molar-refractivity contribution in [3.8, 4) is 0 Å². The van der Waals surface area contributed by atoms with Crippen LogP contribution in [0.5, 0.6) is 0 Å². The van der Waals surface area contributed by atoms with E-state index in [1.54, 1.807) is 0 Å². The molecule has 88 valence electrons. The molecule has 0 aliphatic heterocycles. The van der Waals surface area contributed by atoms with Crippen LogP contribution in [0.25, 0.3) is 5.47 Å². The van der Waals surface area contributed by atoms with Gasteiger partial charge in [-0.1, -0.05) is 48.7 Å². The van der Waals surface area contributed by atoms with Gasteiger partial charge in [-0.15, -0.1) is 6.58 Å². The van der Waals surface area contributed by atoms with E-state index in [2.05, 4.69) is 43.7 Å². The summed E-state index contributed by atoms with van der Waals surface area (Å²) in [6.07, 6.45) is 7.93. The SMILES string of the molecule is C=CCCCC1C=C(B(C)Cl)c2ccccc21. The fourth-order valence-electron chi connectivity index (χ4n) is 2.55. The van der Waals surface area contributed by atoms with Crippen LogP contribution in [0.1, 0.15) is 36.3 Å². The topological polar surface area (TPSA) is 0 Å². The van der Waals surface area contributed by atoms with Crippen molar-refractivity contribution in [1.82, 2.24) is 0 Å². The zero-order chi connectivity index (χ0) is 12.3. The summed E-state index contributed by atoms with van der Waals surface area (Å²) in [5.74, 6) is 0.544. The van der Waals surface area contributed by atoms with E-state index in [-0.39, 0.29) is 6.13 Å². The lowest BCUT2D eigenvalue weighted by Gasteiger charge is -2.09. The molecule has 1 atom stereocenters. The van der Waals surface area contributed by atoms with Gasteiger partial charge in [0, 0.05) is 5.92 Å². The van der Waals surface area contributed by atoms with Crippen molar-refractivity contribution >= 4 is 23.1 Å². The Morgan fingerprint density at radius 2 is 2.18 bits per heavy atom. The Labute approximate surface area is 109 Å². The molecular weight excluding hydrogens is 226 g/mol. The molecule has 2 heteroatoms. The summed E-state index contributed by atoms with van der Waals surface area (Å²) in [6, 6.07) is 8.64. The Morgan fingerprint density at radius 1 is 1.41 bits per heavy atom. The first-order chi connectivity index (χ1) is 8.24. The number of halogens is 1. The molecule has 1 aliphatic carbocycles. The first-order valence-electron chi connectivity index (χ1n) is 6.30. The third-order valence-electron chi connectivity index (χ3n) is 3.40. The minimum atomic E-state index is 0.0977. The highest BCUT2D eigenvalue weighted by atomic mass is 35.5. The van der Waals surface area contributed by atoms with Crippen LogP contribution in [0.3, 0.4) is 0 Å². The smallest absolute Gasteiger partial charge is 0.189 e. The molecule has 1 aromatic rings. The van der Waals surface area contributed by atoms with Crippen LogP contribution < -0.4 is 0 Å². The summed E-state index contributed by atoms with van der Waals surface area (Å²) in [5, 5.41) is 0. The standard InChI is InChI=1S/C15H18BCl/c1-3-4-5-8-12-11-15(16(2)17)14-10-7-6-9-13(12)14/h3,6-7,9-12H,1,4-5,8H2,2H3. The summed E-state index contributed by atoms with van der Waals surface area (Å²) >= 11 is 6.25. The summed E-state index contributed by atoms with van der Waals surface area (Å²) in [7, 11) is 0. The molecule has 0 nitrogen and oxygen atoms in total. The van der Waals surface area contributed by atoms with E-state index in [4.69, 9.17) is 11.5 Å². The number of allylic oxidation sites excluding steroid dienone is 2. The first kappa shape index (κ1) is 12.5. The Morgan fingerprint density at radius 3 is 2.88 bits per heavy atom. The van der Waals surface area contributed by atoms with Crippen molar-refractivity contribution in [2.24, 2.45) is 0 Å². The minimum absolute atomic E-state index is 0.0977. The van der Waals surface area contributed by atoms with E-state index in [9.17, 15) is 0 Å². The lowest BCUT2D eigenvalue weighted by atomic mass is 9.68. The molecule has 2 rings (SSSR count). The molecular formula is C15H18BCl.